The molecule has 3 heteroatoms. The second-order valence-corrected chi connectivity index (χ2v) is 4.08. The minimum Gasteiger partial charge on any atom is -0.359 e. The third-order valence-electron chi connectivity index (χ3n) is 2.78. The summed E-state index contributed by atoms with van der Waals surface area (Å²) in [5.74, 6) is 0. The monoisotopic (exact) mass is 206 g/mol. The SMILES string of the molecule is CC1COC(C2OC2c2ccccc2)O1. The number of benzene rings is 1. The summed E-state index contributed by atoms with van der Waals surface area (Å²) in [6.07, 6.45) is 0.250. The van der Waals surface area contributed by atoms with Crippen LogP contribution in [0.4, 0.5) is 0 Å². The number of hydrogen-bond donors (Lipinski definition) is 0. The van der Waals surface area contributed by atoms with E-state index >= 15 is 0 Å². The second-order valence-electron chi connectivity index (χ2n) is 4.08. The minimum atomic E-state index is -0.176. The Labute approximate surface area is 89.0 Å². The molecule has 0 aliphatic carbocycles. The van der Waals surface area contributed by atoms with Crippen molar-refractivity contribution in [2.45, 2.75) is 31.5 Å². The van der Waals surface area contributed by atoms with Gasteiger partial charge in [-0.3, -0.25) is 0 Å². The Morgan fingerprint density at radius 1 is 1.13 bits per heavy atom. The number of ether oxygens (including phenoxy) is 3. The first-order valence-corrected chi connectivity index (χ1v) is 5.32. The molecule has 3 nitrogen and oxygen atoms in total. The van der Waals surface area contributed by atoms with Crippen LogP contribution in [-0.2, 0) is 14.2 Å². The van der Waals surface area contributed by atoms with Crippen LogP contribution in [0.1, 0.15) is 18.6 Å². The maximum absolute atomic E-state index is 5.59. The third kappa shape index (κ3) is 1.78. The fourth-order valence-electron chi connectivity index (χ4n) is 1.95. The molecule has 0 bridgehead atoms. The molecule has 15 heavy (non-hydrogen) atoms. The van der Waals surface area contributed by atoms with Gasteiger partial charge in [0, 0.05) is 0 Å². The van der Waals surface area contributed by atoms with E-state index in [2.05, 4.69) is 12.1 Å². The summed E-state index contributed by atoms with van der Waals surface area (Å²) in [5.41, 5.74) is 1.20. The van der Waals surface area contributed by atoms with E-state index in [1.807, 2.05) is 25.1 Å². The average Bonchev–Trinajstić information content (AvgIpc) is 2.96. The third-order valence-corrected chi connectivity index (χ3v) is 2.78. The smallest absolute Gasteiger partial charge is 0.187 e. The Bertz CT molecular complexity index is 338. The lowest BCUT2D eigenvalue weighted by atomic mass is 10.1. The molecule has 0 saturated carbocycles. The first-order valence-electron chi connectivity index (χ1n) is 5.32. The maximum atomic E-state index is 5.59. The van der Waals surface area contributed by atoms with Crippen molar-refractivity contribution in [3.05, 3.63) is 35.9 Å². The zero-order chi connectivity index (χ0) is 10.3. The molecule has 0 N–H and O–H groups in total. The number of hydrogen-bond acceptors (Lipinski definition) is 3. The predicted octanol–water partition coefficient (Wildman–Crippen LogP) is 1.89. The van der Waals surface area contributed by atoms with Crippen molar-refractivity contribution in [3.8, 4) is 0 Å². The van der Waals surface area contributed by atoms with Crippen LogP contribution in [0.25, 0.3) is 0 Å². The molecule has 80 valence electrons. The van der Waals surface area contributed by atoms with Gasteiger partial charge in [-0.2, -0.15) is 0 Å². The van der Waals surface area contributed by atoms with Gasteiger partial charge in [0.05, 0.1) is 12.7 Å². The number of epoxide rings is 1. The van der Waals surface area contributed by atoms with Crippen molar-refractivity contribution in [2.75, 3.05) is 6.61 Å². The van der Waals surface area contributed by atoms with Crippen LogP contribution in [0.5, 0.6) is 0 Å². The summed E-state index contributed by atoms with van der Waals surface area (Å²) in [6, 6.07) is 10.2. The summed E-state index contributed by atoms with van der Waals surface area (Å²) < 4.78 is 16.7. The summed E-state index contributed by atoms with van der Waals surface area (Å²) in [5, 5.41) is 0. The molecule has 2 aliphatic heterocycles. The first-order chi connectivity index (χ1) is 7.34. The Kier molecular flexibility index (Phi) is 2.24. The van der Waals surface area contributed by atoms with Gasteiger partial charge in [-0.25, -0.2) is 0 Å². The van der Waals surface area contributed by atoms with Crippen molar-refractivity contribution in [3.63, 3.8) is 0 Å². The molecule has 1 aromatic carbocycles. The predicted molar refractivity (Wildman–Crippen MR) is 54.3 cm³/mol. The van der Waals surface area contributed by atoms with Crippen LogP contribution in [0.2, 0.25) is 0 Å². The van der Waals surface area contributed by atoms with Gasteiger partial charge in [0.1, 0.15) is 12.2 Å². The van der Waals surface area contributed by atoms with E-state index in [-0.39, 0.29) is 24.6 Å². The molecule has 2 heterocycles. The lowest BCUT2D eigenvalue weighted by Crippen LogP contribution is -2.17. The molecule has 0 amide bonds. The molecule has 2 fully saturated rings. The van der Waals surface area contributed by atoms with Crippen molar-refractivity contribution in [1.29, 1.82) is 0 Å². The zero-order valence-corrected chi connectivity index (χ0v) is 8.63. The molecule has 2 saturated heterocycles. The summed E-state index contributed by atoms with van der Waals surface area (Å²) in [6.45, 7) is 2.69. The largest absolute Gasteiger partial charge is 0.359 e. The van der Waals surface area contributed by atoms with Crippen LogP contribution in [0, 0.1) is 0 Å². The van der Waals surface area contributed by atoms with Crippen LogP contribution in [0.15, 0.2) is 30.3 Å². The van der Waals surface area contributed by atoms with E-state index in [0.29, 0.717) is 6.61 Å². The lowest BCUT2D eigenvalue weighted by molar-refractivity contribution is -0.0707. The summed E-state index contributed by atoms with van der Waals surface area (Å²) in [4.78, 5) is 0. The van der Waals surface area contributed by atoms with E-state index in [4.69, 9.17) is 14.2 Å². The van der Waals surface area contributed by atoms with Crippen molar-refractivity contribution < 1.29 is 14.2 Å². The van der Waals surface area contributed by atoms with E-state index in [9.17, 15) is 0 Å². The number of rotatable bonds is 2. The van der Waals surface area contributed by atoms with Gasteiger partial charge in [0.2, 0.25) is 0 Å². The standard InChI is InChI=1S/C12H14O3/c1-8-7-13-12(14-8)11-10(15-11)9-5-3-2-4-6-9/h2-6,8,10-12H,7H2,1H3. The van der Waals surface area contributed by atoms with E-state index in [1.165, 1.54) is 5.56 Å². The Morgan fingerprint density at radius 2 is 1.93 bits per heavy atom. The molecule has 0 spiro atoms. The fourth-order valence-corrected chi connectivity index (χ4v) is 1.95. The average molecular weight is 206 g/mol. The van der Waals surface area contributed by atoms with E-state index < -0.39 is 0 Å². The Balaban J connectivity index is 1.65. The fraction of sp³-hybridized carbons (Fsp3) is 0.500. The Morgan fingerprint density at radius 3 is 2.60 bits per heavy atom. The molecule has 4 unspecified atom stereocenters. The summed E-state index contributed by atoms with van der Waals surface area (Å²) in [7, 11) is 0. The van der Waals surface area contributed by atoms with Crippen LogP contribution >= 0.6 is 0 Å². The lowest BCUT2D eigenvalue weighted by Gasteiger charge is -2.05. The van der Waals surface area contributed by atoms with Crippen molar-refractivity contribution in [1.82, 2.24) is 0 Å². The van der Waals surface area contributed by atoms with E-state index in [0.717, 1.165) is 0 Å². The van der Waals surface area contributed by atoms with Gasteiger partial charge in [-0.1, -0.05) is 30.3 Å². The second kappa shape index (κ2) is 3.59. The van der Waals surface area contributed by atoms with Crippen LogP contribution < -0.4 is 0 Å². The summed E-state index contributed by atoms with van der Waals surface area (Å²) >= 11 is 0. The van der Waals surface area contributed by atoms with Crippen LogP contribution in [0.3, 0.4) is 0 Å². The highest BCUT2D eigenvalue weighted by atomic mass is 16.8. The van der Waals surface area contributed by atoms with Gasteiger partial charge in [-0.15, -0.1) is 0 Å². The normalized spacial score (nSPS) is 39.3. The molecule has 1 aromatic rings. The minimum absolute atomic E-state index is 0.0809. The van der Waals surface area contributed by atoms with Crippen molar-refractivity contribution in [2.24, 2.45) is 0 Å². The van der Waals surface area contributed by atoms with Gasteiger partial charge < -0.3 is 14.2 Å². The topological polar surface area (TPSA) is 31.0 Å². The molecular weight excluding hydrogens is 192 g/mol. The molecule has 0 radical (unpaired) electrons. The molecular formula is C12H14O3. The van der Waals surface area contributed by atoms with Gasteiger partial charge in [-0.05, 0) is 12.5 Å². The maximum Gasteiger partial charge on any atom is 0.187 e. The highest BCUT2D eigenvalue weighted by molar-refractivity contribution is 5.22. The molecule has 2 aliphatic rings. The van der Waals surface area contributed by atoms with Crippen molar-refractivity contribution >= 4 is 0 Å². The molecule has 4 atom stereocenters. The highest BCUT2D eigenvalue weighted by Crippen LogP contribution is 2.43. The Hall–Kier alpha value is -0.900. The van der Waals surface area contributed by atoms with Gasteiger partial charge in [0.15, 0.2) is 6.29 Å². The zero-order valence-electron chi connectivity index (χ0n) is 8.63. The van der Waals surface area contributed by atoms with Gasteiger partial charge >= 0.3 is 0 Å². The highest BCUT2D eigenvalue weighted by Gasteiger charge is 2.49. The van der Waals surface area contributed by atoms with Gasteiger partial charge in [0.25, 0.3) is 0 Å². The van der Waals surface area contributed by atoms with Crippen LogP contribution in [-0.4, -0.2) is 25.1 Å². The molecule has 0 aromatic heterocycles. The first kappa shape index (κ1) is 9.33. The quantitative estimate of drug-likeness (QED) is 0.692. The van der Waals surface area contributed by atoms with E-state index in [1.54, 1.807) is 0 Å². The molecule has 3 rings (SSSR count).